The Morgan fingerprint density at radius 2 is 1.96 bits per heavy atom. The molecule has 1 heterocycles. The van der Waals surface area contributed by atoms with Gasteiger partial charge in [-0.3, -0.25) is 0 Å². The quantitative estimate of drug-likeness (QED) is 0.681. The molecule has 6 nitrogen and oxygen atoms in total. The van der Waals surface area contributed by atoms with Crippen molar-refractivity contribution in [3.8, 4) is 23.0 Å². The van der Waals surface area contributed by atoms with Gasteiger partial charge in [0.05, 0.1) is 17.7 Å². The maximum absolute atomic E-state index is 12.4. The fourth-order valence-corrected chi connectivity index (χ4v) is 2.76. The molecule has 9 heteroatoms. The molecule has 27 heavy (non-hydrogen) atoms. The predicted octanol–water partition coefficient (Wildman–Crippen LogP) is 4.08. The van der Waals surface area contributed by atoms with Crippen LogP contribution in [0.25, 0.3) is 0 Å². The third-order valence-electron chi connectivity index (χ3n) is 3.64. The number of carbonyl (C=O) groups excluding carboxylic acids is 1. The molecule has 0 unspecified atom stereocenters. The summed E-state index contributed by atoms with van der Waals surface area (Å²) in [5.74, 6) is 0.0880. The molecule has 0 saturated heterocycles. The van der Waals surface area contributed by atoms with Crippen LogP contribution in [0.15, 0.2) is 30.3 Å². The second kappa shape index (κ2) is 8.30. The lowest BCUT2D eigenvalue weighted by Gasteiger charge is -2.20. The highest BCUT2D eigenvalue weighted by atomic mass is 35.5. The molecule has 0 fully saturated rings. The number of fused-ring (bicyclic) bond motifs is 1. The van der Waals surface area contributed by atoms with Gasteiger partial charge in [0.1, 0.15) is 19.8 Å². The number of alkyl halides is 2. The SMILES string of the molecule is COc1cc(C(=O)OCc2cc(Cl)c3c(c2)OCCO3)ccc1OC(F)F. The highest BCUT2D eigenvalue weighted by Gasteiger charge is 2.18. The van der Waals surface area contributed by atoms with Crippen LogP contribution in [0.2, 0.25) is 5.02 Å². The zero-order valence-electron chi connectivity index (χ0n) is 14.2. The first-order chi connectivity index (χ1) is 13.0. The molecule has 1 aliphatic rings. The summed E-state index contributed by atoms with van der Waals surface area (Å²) in [6.07, 6.45) is 0. The molecule has 2 aromatic carbocycles. The van der Waals surface area contributed by atoms with E-state index in [2.05, 4.69) is 4.74 Å². The first-order valence-corrected chi connectivity index (χ1v) is 8.23. The lowest BCUT2D eigenvalue weighted by Crippen LogP contribution is -2.16. The highest BCUT2D eigenvalue weighted by molar-refractivity contribution is 6.32. The first-order valence-electron chi connectivity index (χ1n) is 7.86. The number of ether oxygens (including phenoxy) is 5. The average molecular weight is 401 g/mol. The highest BCUT2D eigenvalue weighted by Crippen LogP contribution is 2.38. The van der Waals surface area contributed by atoms with E-state index in [4.69, 9.17) is 30.5 Å². The van der Waals surface area contributed by atoms with Crippen LogP contribution in [0, 0.1) is 0 Å². The molecule has 0 spiro atoms. The van der Waals surface area contributed by atoms with Gasteiger partial charge in [-0.05, 0) is 35.9 Å². The molecule has 0 radical (unpaired) electrons. The van der Waals surface area contributed by atoms with E-state index < -0.39 is 12.6 Å². The van der Waals surface area contributed by atoms with Crippen molar-refractivity contribution in [3.05, 3.63) is 46.5 Å². The van der Waals surface area contributed by atoms with Crippen LogP contribution >= 0.6 is 11.6 Å². The lowest BCUT2D eigenvalue weighted by molar-refractivity contribution is -0.0512. The van der Waals surface area contributed by atoms with Gasteiger partial charge in [0.25, 0.3) is 0 Å². The topological polar surface area (TPSA) is 63.2 Å². The fraction of sp³-hybridized carbons (Fsp3) is 0.278. The molecule has 3 rings (SSSR count). The van der Waals surface area contributed by atoms with Gasteiger partial charge >= 0.3 is 12.6 Å². The van der Waals surface area contributed by atoms with Crippen LogP contribution in [0.4, 0.5) is 8.78 Å². The van der Waals surface area contributed by atoms with Crippen LogP contribution in [-0.2, 0) is 11.3 Å². The Balaban J connectivity index is 1.70. The molecule has 0 bridgehead atoms. The van der Waals surface area contributed by atoms with Gasteiger partial charge in [-0.25, -0.2) is 4.79 Å². The summed E-state index contributed by atoms with van der Waals surface area (Å²) in [4.78, 5) is 12.2. The average Bonchev–Trinajstić information content (AvgIpc) is 2.66. The zero-order chi connectivity index (χ0) is 19.4. The number of rotatable bonds is 6. The molecule has 1 aliphatic heterocycles. The third-order valence-corrected chi connectivity index (χ3v) is 3.92. The molecule has 0 amide bonds. The van der Waals surface area contributed by atoms with Gasteiger partial charge < -0.3 is 23.7 Å². The standard InChI is InChI=1S/C18H15ClF2O6/c1-23-14-8-11(2-3-13(14)27-18(20)21)17(22)26-9-10-6-12(19)16-15(7-10)24-4-5-25-16/h2-3,6-8,18H,4-5,9H2,1H3. The van der Waals surface area contributed by atoms with Crippen molar-refractivity contribution in [1.82, 2.24) is 0 Å². The van der Waals surface area contributed by atoms with Crippen LogP contribution < -0.4 is 18.9 Å². The summed E-state index contributed by atoms with van der Waals surface area (Å²) in [6, 6.07) is 7.06. The van der Waals surface area contributed by atoms with Crippen molar-refractivity contribution < 1.29 is 37.3 Å². The number of hydrogen-bond donors (Lipinski definition) is 0. The Morgan fingerprint density at radius 1 is 1.19 bits per heavy atom. The van der Waals surface area contributed by atoms with Crippen molar-refractivity contribution in [3.63, 3.8) is 0 Å². The minimum absolute atomic E-state index is 0.00729. The smallest absolute Gasteiger partial charge is 0.387 e. The number of carbonyl (C=O) groups is 1. The number of halogens is 3. The third kappa shape index (κ3) is 4.51. The van der Waals surface area contributed by atoms with Gasteiger partial charge in [0, 0.05) is 0 Å². The maximum Gasteiger partial charge on any atom is 0.387 e. The van der Waals surface area contributed by atoms with E-state index >= 15 is 0 Å². The number of methoxy groups -OCH3 is 1. The summed E-state index contributed by atoms with van der Waals surface area (Å²) >= 11 is 6.14. The van der Waals surface area contributed by atoms with Crippen LogP contribution in [0.1, 0.15) is 15.9 Å². The maximum atomic E-state index is 12.4. The molecule has 144 valence electrons. The molecular formula is C18H15ClF2O6. The minimum atomic E-state index is -3.00. The molecule has 0 atom stereocenters. The van der Waals surface area contributed by atoms with Crippen molar-refractivity contribution in [2.45, 2.75) is 13.2 Å². The number of benzene rings is 2. The van der Waals surface area contributed by atoms with E-state index in [9.17, 15) is 13.6 Å². The molecule has 0 aromatic heterocycles. The number of esters is 1. The van der Waals surface area contributed by atoms with Gasteiger partial charge in [-0.2, -0.15) is 8.78 Å². The van der Waals surface area contributed by atoms with Gasteiger partial charge in [0.2, 0.25) is 0 Å². The van der Waals surface area contributed by atoms with E-state index in [1.165, 1.54) is 25.3 Å². The van der Waals surface area contributed by atoms with Crippen molar-refractivity contribution in [1.29, 1.82) is 0 Å². The van der Waals surface area contributed by atoms with Crippen LogP contribution in [0.3, 0.4) is 0 Å². The summed E-state index contributed by atoms with van der Waals surface area (Å²) in [5, 5.41) is 0.355. The van der Waals surface area contributed by atoms with E-state index in [0.29, 0.717) is 35.3 Å². The van der Waals surface area contributed by atoms with Crippen LogP contribution in [0.5, 0.6) is 23.0 Å². The predicted molar refractivity (Wildman–Crippen MR) is 91.2 cm³/mol. The Morgan fingerprint density at radius 3 is 2.70 bits per heavy atom. The summed E-state index contributed by atoms with van der Waals surface area (Å²) < 4.78 is 50.1. The molecule has 0 aliphatic carbocycles. The summed E-state index contributed by atoms with van der Waals surface area (Å²) in [7, 11) is 1.28. The van der Waals surface area contributed by atoms with E-state index in [1.54, 1.807) is 12.1 Å². The summed E-state index contributed by atoms with van der Waals surface area (Å²) in [5.41, 5.74) is 0.735. The lowest BCUT2D eigenvalue weighted by atomic mass is 10.2. The molecular weight excluding hydrogens is 386 g/mol. The zero-order valence-corrected chi connectivity index (χ0v) is 14.9. The largest absolute Gasteiger partial charge is 0.493 e. The van der Waals surface area contributed by atoms with E-state index in [-0.39, 0.29) is 23.7 Å². The second-order valence-corrected chi connectivity index (χ2v) is 5.83. The van der Waals surface area contributed by atoms with Crippen LogP contribution in [-0.4, -0.2) is 32.9 Å². The van der Waals surface area contributed by atoms with Gasteiger partial charge in [0.15, 0.2) is 23.0 Å². The van der Waals surface area contributed by atoms with E-state index in [0.717, 1.165) is 0 Å². The first kappa shape index (κ1) is 19.0. The van der Waals surface area contributed by atoms with E-state index in [1.807, 2.05) is 0 Å². The molecule has 2 aromatic rings. The van der Waals surface area contributed by atoms with Crippen molar-refractivity contribution in [2.75, 3.05) is 20.3 Å². The monoisotopic (exact) mass is 400 g/mol. The molecule has 0 N–H and O–H groups in total. The Hall–Kier alpha value is -2.74. The minimum Gasteiger partial charge on any atom is -0.493 e. The van der Waals surface area contributed by atoms with Crippen molar-refractivity contribution >= 4 is 17.6 Å². The van der Waals surface area contributed by atoms with Gasteiger partial charge in [-0.1, -0.05) is 11.6 Å². The van der Waals surface area contributed by atoms with Gasteiger partial charge in [-0.15, -0.1) is 0 Å². The Labute approximate surface area is 158 Å². The Kier molecular flexibility index (Phi) is 5.85. The second-order valence-electron chi connectivity index (χ2n) is 5.42. The summed E-state index contributed by atoms with van der Waals surface area (Å²) in [6.45, 7) is -2.25. The number of hydrogen-bond acceptors (Lipinski definition) is 6. The molecule has 0 saturated carbocycles. The normalized spacial score (nSPS) is 12.6. The fourth-order valence-electron chi connectivity index (χ4n) is 2.47. The Bertz CT molecular complexity index is 843. The van der Waals surface area contributed by atoms with Crippen molar-refractivity contribution in [2.24, 2.45) is 0 Å².